The highest BCUT2D eigenvalue weighted by molar-refractivity contribution is 14.1. The number of pyridine rings is 1. The third-order valence-electron chi connectivity index (χ3n) is 3.79. The van der Waals surface area contributed by atoms with Gasteiger partial charge in [0.2, 0.25) is 0 Å². The molecule has 2 atom stereocenters. The largest absolute Gasteiger partial charge is 0.465 e. The van der Waals surface area contributed by atoms with E-state index in [0.29, 0.717) is 24.9 Å². The summed E-state index contributed by atoms with van der Waals surface area (Å²) in [6.45, 7) is 3.17. The van der Waals surface area contributed by atoms with Crippen LogP contribution in [0, 0.1) is 15.4 Å². The highest BCUT2D eigenvalue weighted by Gasteiger charge is 2.41. The molecule has 1 aromatic heterocycles. The van der Waals surface area contributed by atoms with Crippen LogP contribution in [0.5, 0.6) is 0 Å². The Bertz CT molecular complexity index is 451. The number of amides is 1. The van der Waals surface area contributed by atoms with E-state index in [1.54, 1.807) is 0 Å². The lowest BCUT2D eigenvalue weighted by atomic mass is 10.0. The van der Waals surface area contributed by atoms with Crippen LogP contribution in [0.4, 0.5) is 10.6 Å². The lowest BCUT2D eigenvalue weighted by Crippen LogP contribution is -2.32. The zero-order chi connectivity index (χ0) is 12.7. The topological polar surface area (TPSA) is 56.7 Å². The highest BCUT2D eigenvalue weighted by Crippen LogP contribution is 2.33. The van der Waals surface area contributed by atoms with Gasteiger partial charge in [0, 0.05) is 47.8 Å². The normalized spacial score (nSPS) is 26.5. The second-order valence-corrected chi connectivity index (χ2v) is 6.19. The van der Waals surface area contributed by atoms with Crippen molar-refractivity contribution in [3.05, 3.63) is 21.9 Å². The fourth-order valence-electron chi connectivity index (χ4n) is 2.89. The summed E-state index contributed by atoms with van der Waals surface area (Å²) in [6, 6.07) is 4.10. The number of rotatable bonds is 1. The predicted molar refractivity (Wildman–Crippen MR) is 75.7 cm³/mol. The summed E-state index contributed by atoms with van der Waals surface area (Å²) in [6.07, 6.45) is 1.08. The summed E-state index contributed by atoms with van der Waals surface area (Å²) in [5, 5.41) is 8.98. The average Bonchev–Trinajstić information content (AvgIpc) is 2.87. The second kappa shape index (κ2) is 4.56. The van der Waals surface area contributed by atoms with E-state index in [0.717, 1.165) is 22.5 Å². The summed E-state index contributed by atoms with van der Waals surface area (Å²) >= 11 is 2.24. The smallest absolute Gasteiger partial charge is 0.407 e. The second-order valence-electron chi connectivity index (χ2n) is 4.95. The molecule has 0 unspecified atom stereocenters. The summed E-state index contributed by atoms with van der Waals surface area (Å²) in [4.78, 5) is 19.2. The molecule has 0 aromatic carbocycles. The summed E-state index contributed by atoms with van der Waals surface area (Å²) in [7, 11) is 0. The highest BCUT2D eigenvalue weighted by atomic mass is 127. The molecule has 18 heavy (non-hydrogen) atoms. The van der Waals surface area contributed by atoms with Gasteiger partial charge >= 0.3 is 6.09 Å². The van der Waals surface area contributed by atoms with E-state index in [-0.39, 0.29) is 0 Å². The van der Waals surface area contributed by atoms with Crippen LogP contribution in [0.3, 0.4) is 0 Å². The molecule has 1 aromatic rings. The fraction of sp³-hybridized carbons (Fsp3) is 0.500. The molecule has 3 rings (SSSR count). The van der Waals surface area contributed by atoms with Crippen molar-refractivity contribution in [1.82, 2.24) is 9.88 Å². The monoisotopic (exact) mass is 359 g/mol. The molecule has 6 heteroatoms. The lowest BCUT2D eigenvalue weighted by molar-refractivity contribution is 0.153. The number of hydrogen-bond acceptors (Lipinski definition) is 3. The zero-order valence-electron chi connectivity index (χ0n) is 9.79. The minimum atomic E-state index is -0.789. The third-order valence-corrected chi connectivity index (χ3v) is 4.43. The van der Waals surface area contributed by atoms with Gasteiger partial charge in [0.05, 0.1) is 0 Å². The molecule has 96 valence electrons. The first kappa shape index (κ1) is 12.0. The number of fused-ring (bicyclic) bond motifs is 1. The van der Waals surface area contributed by atoms with Crippen LogP contribution in [-0.4, -0.2) is 47.3 Å². The maximum atomic E-state index is 10.9. The molecular formula is C12H14IN3O2. The van der Waals surface area contributed by atoms with Gasteiger partial charge in [0.15, 0.2) is 0 Å². The molecule has 2 saturated heterocycles. The van der Waals surface area contributed by atoms with E-state index in [1.807, 2.05) is 12.3 Å². The standard InChI is InChI=1S/C12H14IN3O2/c13-10-1-2-11(14-3-10)15-4-8-6-16(12(17)18)7-9(8)5-15/h1-3,8-9H,4-7H2,(H,17,18)/t8-,9+. The Morgan fingerprint density at radius 1 is 1.28 bits per heavy atom. The Balaban J connectivity index is 1.68. The van der Waals surface area contributed by atoms with Gasteiger partial charge in [-0.25, -0.2) is 9.78 Å². The third kappa shape index (κ3) is 2.13. The van der Waals surface area contributed by atoms with Crippen molar-refractivity contribution < 1.29 is 9.90 Å². The molecular weight excluding hydrogens is 345 g/mol. The quantitative estimate of drug-likeness (QED) is 0.776. The van der Waals surface area contributed by atoms with E-state index < -0.39 is 6.09 Å². The average molecular weight is 359 g/mol. The van der Waals surface area contributed by atoms with Gasteiger partial charge in [-0.3, -0.25) is 0 Å². The van der Waals surface area contributed by atoms with Gasteiger partial charge in [-0.2, -0.15) is 0 Å². The van der Waals surface area contributed by atoms with Crippen LogP contribution < -0.4 is 4.90 Å². The Labute approximate surface area is 119 Å². The van der Waals surface area contributed by atoms with Gasteiger partial charge in [-0.05, 0) is 34.7 Å². The van der Waals surface area contributed by atoms with Gasteiger partial charge in [0.1, 0.15) is 5.82 Å². The number of aromatic nitrogens is 1. The Hall–Kier alpha value is -1.05. The van der Waals surface area contributed by atoms with Gasteiger partial charge in [0.25, 0.3) is 0 Å². The van der Waals surface area contributed by atoms with Crippen LogP contribution in [0.2, 0.25) is 0 Å². The summed E-state index contributed by atoms with van der Waals surface area (Å²) < 4.78 is 1.13. The minimum absolute atomic E-state index is 0.460. The lowest BCUT2D eigenvalue weighted by Gasteiger charge is -2.20. The van der Waals surface area contributed by atoms with E-state index in [4.69, 9.17) is 5.11 Å². The van der Waals surface area contributed by atoms with E-state index >= 15 is 0 Å². The first-order valence-electron chi connectivity index (χ1n) is 5.98. The molecule has 0 spiro atoms. The minimum Gasteiger partial charge on any atom is -0.465 e. The molecule has 0 saturated carbocycles. The fourth-order valence-corrected chi connectivity index (χ4v) is 3.21. The number of carboxylic acid groups (broad SMARTS) is 1. The van der Waals surface area contributed by atoms with Crippen LogP contribution in [0.15, 0.2) is 18.3 Å². The number of halogens is 1. The predicted octanol–water partition coefficient (Wildman–Crippen LogP) is 1.73. The maximum absolute atomic E-state index is 10.9. The van der Waals surface area contributed by atoms with Crippen LogP contribution in [-0.2, 0) is 0 Å². The Morgan fingerprint density at radius 3 is 2.44 bits per heavy atom. The van der Waals surface area contributed by atoms with Crippen molar-refractivity contribution in [2.24, 2.45) is 11.8 Å². The van der Waals surface area contributed by atoms with Gasteiger partial charge in [-0.15, -0.1) is 0 Å². The maximum Gasteiger partial charge on any atom is 0.407 e. The molecule has 3 heterocycles. The van der Waals surface area contributed by atoms with Crippen molar-refractivity contribution in [2.45, 2.75) is 0 Å². The van der Waals surface area contributed by atoms with Crippen molar-refractivity contribution >= 4 is 34.5 Å². The van der Waals surface area contributed by atoms with Crippen molar-refractivity contribution in [2.75, 3.05) is 31.1 Å². The summed E-state index contributed by atoms with van der Waals surface area (Å²) in [5.74, 6) is 1.93. The van der Waals surface area contributed by atoms with Gasteiger partial charge < -0.3 is 14.9 Å². The molecule has 1 amide bonds. The molecule has 0 bridgehead atoms. The first-order chi connectivity index (χ1) is 8.63. The molecule has 2 aliphatic heterocycles. The molecule has 1 N–H and O–H groups in total. The van der Waals surface area contributed by atoms with E-state index in [9.17, 15) is 4.79 Å². The molecule has 2 aliphatic rings. The van der Waals surface area contributed by atoms with Crippen molar-refractivity contribution in [3.63, 3.8) is 0 Å². The SMILES string of the molecule is O=C(O)N1C[C@@H]2CN(c3ccc(I)cn3)C[C@@H]2C1. The van der Waals surface area contributed by atoms with Gasteiger partial charge in [-0.1, -0.05) is 0 Å². The molecule has 2 fully saturated rings. The summed E-state index contributed by atoms with van der Waals surface area (Å²) in [5.41, 5.74) is 0. The van der Waals surface area contributed by atoms with Crippen molar-refractivity contribution in [1.29, 1.82) is 0 Å². The molecule has 5 nitrogen and oxygen atoms in total. The molecule has 0 aliphatic carbocycles. The van der Waals surface area contributed by atoms with Crippen molar-refractivity contribution in [3.8, 4) is 0 Å². The number of anilines is 1. The number of carbonyl (C=O) groups is 1. The van der Waals surface area contributed by atoms with Crippen LogP contribution in [0.1, 0.15) is 0 Å². The number of likely N-dealkylation sites (tertiary alicyclic amines) is 1. The number of nitrogens with zero attached hydrogens (tertiary/aromatic N) is 3. The zero-order valence-corrected chi connectivity index (χ0v) is 11.9. The number of hydrogen-bond donors (Lipinski definition) is 1. The van der Waals surface area contributed by atoms with E-state index in [1.165, 1.54) is 4.90 Å². The molecule has 0 radical (unpaired) electrons. The van der Waals surface area contributed by atoms with Crippen LogP contribution in [0.25, 0.3) is 0 Å². The first-order valence-corrected chi connectivity index (χ1v) is 7.06. The Morgan fingerprint density at radius 2 is 1.94 bits per heavy atom. The van der Waals surface area contributed by atoms with Crippen LogP contribution >= 0.6 is 22.6 Å². The van der Waals surface area contributed by atoms with E-state index in [2.05, 4.69) is 38.5 Å². The Kier molecular flexibility index (Phi) is 3.04.